The number of amidine groups is 1. The molecule has 14 heavy (non-hydrogen) atoms. The van der Waals surface area contributed by atoms with E-state index in [-0.39, 0.29) is 5.56 Å². The number of aromatic amines is 1. The molecule has 0 aliphatic carbocycles. The van der Waals surface area contributed by atoms with Crippen LogP contribution in [0.1, 0.15) is 12.5 Å². The summed E-state index contributed by atoms with van der Waals surface area (Å²) in [4.78, 5) is 15.6. The van der Waals surface area contributed by atoms with E-state index in [2.05, 4.69) is 27.3 Å². The number of hydrazone groups is 1. The molecule has 5 heteroatoms. The molecule has 2 rings (SSSR count). The minimum absolute atomic E-state index is 0.0941. The molecule has 5 nitrogen and oxygen atoms in total. The van der Waals surface area contributed by atoms with Crippen LogP contribution >= 0.6 is 0 Å². The fraction of sp³-hybridized carbons (Fsp3) is 0.333. The van der Waals surface area contributed by atoms with Gasteiger partial charge >= 0.3 is 0 Å². The van der Waals surface area contributed by atoms with E-state index in [0.717, 1.165) is 24.6 Å². The molecule has 0 spiro atoms. The van der Waals surface area contributed by atoms with E-state index in [1.165, 1.54) is 6.07 Å². The normalized spacial score (nSPS) is 15.2. The summed E-state index contributed by atoms with van der Waals surface area (Å²) in [5, 5.41) is 4.16. The van der Waals surface area contributed by atoms with Gasteiger partial charge in [-0.15, -0.1) is 0 Å². The van der Waals surface area contributed by atoms with E-state index >= 15 is 0 Å². The third-order valence-corrected chi connectivity index (χ3v) is 2.17. The number of hydrogen-bond acceptors (Lipinski definition) is 4. The molecule has 0 amide bonds. The Bertz CT molecular complexity index is 389. The molecule has 0 aromatic carbocycles. The predicted molar refractivity (Wildman–Crippen MR) is 54.0 cm³/mol. The lowest BCUT2D eigenvalue weighted by Crippen LogP contribution is -2.30. The monoisotopic (exact) mass is 192 g/mol. The number of rotatable bonds is 2. The summed E-state index contributed by atoms with van der Waals surface area (Å²) >= 11 is 0. The molecule has 0 saturated carbocycles. The molecule has 0 radical (unpaired) electrons. The summed E-state index contributed by atoms with van der Waals surface area (Å²) in [6.07, 6.45) is 1.68. The first-order valence-electron chi connectivity index (χ1n) is 4.56. The molecule has 0 saturated heterocycles. The molecule has 0 atom stereocenters. The maximum Gasteiger partial charge on any atom is 0.247 e. The summed E-state index contributed by atoms with van der Waals surface area (Å²) < 4.78 is 0. The maximum atomic E-state index is 10.9. The van der Waals surface area contributed by atoms with Gasteiger partial charge in [-0.1, -0.05) is 0 Å². The van der Waals surface area contributed by atoms with Crippen molar-refractivity contribution in [3.05, 3.63) is 34.2 Å². The highest BCUT2D eigenvalue weighted by molar-refractivity contribution is 5.99. The summed E-state index contributed by atoms with van der Waals surface area (Å²) in [5.74, 6) is 0.878. The van der Waals surface area contributed by atoms with Gasteiger partial charge in [-0.3, -0.25) is 10.2 Å². The Balaban J connectivity index is 2.31. The van der Waals surface area contributed by atoms with Gasteiger partial charge < -0.3 is 9.88 Å². The van der Waals surface area contributed by atoms with Crippen LogP contribution in [0, 0.1) is 0 Å². The zero-order chi connectivity index (χ0) is 9.97. The van der Waals surface area contributed by atoms with Gasteiger partial charge in [-0.2, -0.15) is 5.10 Å². The number of pyridine rings is 1. The van der Waals surface area contributed by atoms with E-state index < -0.39 is 0 Å². The second-order valence-corrected chi connectivity index (χ2v) is 3.05. The average Bonchev–Trinajstić information content (AvgIpc) is 2.67. The Kier molecular flexibility index (Phi) is 2.22. The summed E-state index contributed by atoms with van der Waals surface area (Å²) in [6, 6.07) is 3.28. The molecular weight excluding hydrogens is 180 g/mol. The fourth-order valence-electron chi connectivity index (χ4n) is 1.40. The SMILES string of the molecule is CCN1CNN=C1c1ccc(=O)[nH]c1. The summed E-state index contributed by atoms with van der Waals surface area (Å²) in [5.41, 5.74) is 3.74. The Morgan fingerprint density at radius 3 is 3.07 bits per heavy atom. The second kappa shape index (κ2) is 3.53. The maximum absolute atomic E-state index is 10.9. The van der Waals surface area contributed by atoms with Gasteiger partial charge in [0.1, 0.15) is 6.67 Å². The first-order valence-corrected chi connectivity index (χ1v) is 4.56. The molecule has 0 fully saturated rings. The van der Waals surface area contributed by atoms with Crippen LogP contribution in [-0.2, 0) is 0 Å². The Morgan fingerprint density at radius 2 is 2.43 bits per heavy atom. The Hall–Kier alpha value is -1.78. The summed E-state index contributed by atoms with van der Waals surface area (Å²) in [7, 11) is 0. The minimum atomic E-state index is -0.0941. The number of nitrogens with zero attached hydrogens (tertiary/aromatic N) is 2. The lowest BCUT2D eigenvalue weighted by molar-refractivity contribution is 0.447. The van der Waals surface area contributed by atoms with Crippen molar-refractivity contribution in [1.82, 2.24) is 15.3 Å². The van der Waals surface area contributed by atoms with Crippen molar-refractivity contribution >= 4 is 5.84 Å². The van der Waals surface area contributed by atoms with Crippen LogP contribution in [0.4, 0.5) is 0 Å². The van der Waals surface area contributed by atoms with E-state index in [4.69, 9.17) is 0 Å². The first-order chi connectivity index (χ1) is 6.81. The van der Waals surface area contributed by atoms with E-state index in [9.17, 15) is 4.79 Å². The van der Waals surface area contributed by atoms with Gasteiger partial charge in [0.15, 0.2) is 5.84 Å². The van der Waals surface area contributed by atoms with Crippen molar-refractivity contribution < 1.29 is 0 Å². The number of H-pyrrole nitrogens is 1. The number of nitrogens with one attached hydrogen (secondary N) is 2. The smallest absolute Gasteiger partial charge is 0.247 e. The highest BCUT2D eigenvalue weighted by Crippen LogP contribution is 2.05. The molecular formula is C9H12N4O. The van der Waals surface area contributed by atoms with Crippen molar-refractivity contribution in [2.75, 3.05) is 13.2 Å². The molecule has 74 valence electrons. The molecule has 1 aliphatic rings. The van der Waals surface area contributed by atoms with Gasteiger partial charge in [0.2, 0.25) is 5.56 Å². The van der Waals surface area contributed by atoms with Gasteiger partial charge in [0.05, 0.1) is 0 Å². The van der Waals surface area contributed by atoms with Gasteiger partial charge in [0.25, 0.3) is 0 Å². The third kappa shape index (κ3) is 1.48. The van der Waals surface area contributed by atoms with Gasteiger partial charge in [-0.05, 0) is 13.0 Å². The Morgan fingerprint density at radius 1 is 1.57 bits per heavy atom. The van der Waals surface area contributed by atoms with Gasteiger partial charge in [0, 0.05) is 24.4 Å². The van der Waals surface area contributed by atoms with Crippen LogP contribution in [0.25, 0.3) is 0 Å². The molecule has 1 aromatic rings. The van der Waals surface area contributed by atoms with E-state index in [1.54, 1.807) is 12.3 Å². The predicted octanol–water partition coefficient (Wildman–Crippen LogP) is -0.0809. The first kappa shape index (κ1) is 8.80. The zero-order valence-corrected chi connectivity index (χ0v) is 7.95. The van der Waals surface area contributed by atoms with Crippen LogP contribution < -0.4 is 11.0 Å². The largest absolute Gasteiger partial charge is 0.336 e. The van der Waals surface area contributed by atoms with Crippen LogP contribution in [0.3, 0.4) is 0 Å². The van der Waals surface area contributed by atoms with Crippen molar-refractivity contribution in [3.8, 4) is 0 Å². The van der Waals surface area contributed by atoms with Crippen molar-refractivity contribution in [2.45, 2.75) is 6.92 Å². The minimum Gasteiger partial charge on any atom is -0.336 e. The topological polar surface area (TPSA) is 60.5 Å². The number of hydrogen-bond donors (Lipinski definition) is 2. The van der Waals surface area contributed by atoms with Crippen molar-refractivity contribution in [1.29, 1.82) is 0 Å². The molecule has 1 aliphatic heterocycles. The molecule has 2 heterocycles. The molecule has 0 unspecified atom stereocenters. The van der Waals surface area contributed by atoms with Crippen LogP contribution in [0.5, 0.6) is 0 Å². The fourth-order valence-corrected chi connectivity index (χ4v) is 1.40. The average molecular weight is 192 g/mol. The quantitative estimate of drug-likeness (QED) is 0.689. The Labute approximate surface area is 81.4 Å². The third-order valence-electron chi connectivity index (χ3n) is 2.17. The highest BCUT2D eigenvalue weighted by atomic mass is 16.1. The standard InChI is InChI=1S/C9H12N4O/c1-2-13-6-11-12-9(13)7-3-4-8(14)10-5-7/h3-5,11H,2,6H2,1H3,(H,10,14). The molecule has 1 aromatic heterocycles. The van der Waals surface area contributed by atoms with Crippen LogP contribution in [0.2, 0.25) is 0 Å². The van der Waals surface area contributed by atoms with Crippen molar-refractivity contribution in [3.63, 3.8) is 0 Å². The lowest BCUT2D eigenvalue weighted by atomic mass is 10.2. The molecule has 2 N–H and O–H groups in total. The lowest BCUT2D eigenvalue weighted by Gasteiger charge is -2.15. The zero-order valence-electron chi connectivity index (χ0n) is 7.95. The highest BCUT2D eigenvalue weighted by Gasteiger charge is 2.16. The molecule has 0 bridgehead atoms. The summed E-state index contributed by atoms with van der Waals surface area (Å²) in [6.45, 7) is 3.68. The van der Waals surface area contributed by atoms with E-state index in [0.29, 0.717) is 0 Å². The van der Waals surface area contributed by atoms with Crippen molar-refractivity contribution in [2.24, 2.45) is 5.10 Å². The van der Waals surface area contributed by atoms with E-state index in [1.807, 2.05) is 0 Å². The number of aromatic nitrogens is 1. The second-order valence-electron chi connectivity index (χ2n) is 3.05. The van der Waals surface area contributed by atoms with Crippen LogP contribution in [-0.4, -0.2) is 28.9 Å². The van der Waals surface area contributed by atoms with Crippen LogP contribution in [0.15, 0.2) is 28.2 Å². The van der Waals surface area contributed by atoms with Gasteiger partial charge in [-0.25, -0.2) is 0 Å².